The summed E-state index contributed by atoms with van der Waals surface area (Å²) >= 11 is 0. The van der Waals surface area contributed by atoms with Gasteiger partial charge in [0, 0.05) is 25.5 Å². The van der Waals surface area contributed by atoms with E-state index in [-0.39, 0.29) is 0 Å². The average Bonchev–Trinajstić information content (AvgIpc) is 2.14. The summed E-state index contributed by atoms with van der Waals surface area (Å²) in [5, 5.41) is 0. The molecule has 1 aromatic heterocycles. The molecule has 0 spiro atoms. The number of hydrogen-bond acceptors (Lipinski definition) is 1. The summed E-state index contributed by atoms with van der Waals surface area (Å²) in [6.45, 7) is 3.46. The molecule has 0 bridgehead atoms. The van der Waals surface area contributed by atoms with Crippen LogP contribution in [0.2, 0.25) is 0 Å². The van der Waals surface area contributed by atoms with Crippen LogP contribution in [0.4, 0.5) is 0 Å². The molecule has 0 amide bonds. The number of aromatic nitrogens is 2. The zero-order valence-corrected chi connectivity index (χ0v) is 4.76. The minimum absolute atomic E-state index is 0.782. The molecule has 0 fully saturated rings. The van der Waals surface area contributed by atoms with E-state index < -0.39 is 0 Å². The summed E-state index contributed by atoms with van der Waals surface area (Å²) in [5.74, 6) is 0.782. The van der Waals surface area contributed by atoms with Crippen molar-refractivity contribution in [2.45, 2.75) is 0 Å². The zero-order valence-electron chi connectivity index (χ0n) is 4.76. The van der Waals surface area contributed by atoms with Crippen molar-refractivity contribution in [1.82, 2.24) is 9.55 Å². The van der Waals surface area contributed by atoms with Gasteiger partial charge >= 0.3 is 0 Å². The van der Waals surface area contributed by atoms with Crippen LogP contribution in [-0.2, 0) is 7.05 Å². The Morgan fingerprint density at radius 3 is 2.88 bits per heavy atom. The quantitative estimate of drug-likeness (QED) is 0.518. The summed E-state index contributed by atoms with van der Waals surface area (Å²) < 4.78 is 1.85. The molecule has 0 aromatic carbocycles. The maximum atomic E-state index is 3.92. The molecular formula is C6H7N2. The minimum Gasteiger partial charge on any atom is -0.334 e. The Hall–Kier alpha value is -1.05. The van der Waals surface area contributed by atoms with Crippen LogP contribution in [0.15, 0.2) is 19.0 Å². The summed E-state index contributed by atoms with van der Waals surface area (Å²) in [4.78, 5) is 3.92. The largest absolute Gasteiger partial charge is 0.334 e. The lowest BCUT2D eigenvalue weighted by atomic mass is 10.6. The van der Waals surface area contributed by atoms with Gasteiger partial charge in [-0.15, -0.1) is 0 Å². The fourth-order valence-corrected chi connectivity index (χ4v) is 0.536. The van der Waals surface area contributed by atoms with E-state index in [1.807, 2.05) is 17.8 Å². The second-order valence-corrected chi connectivity index (χ2v) is 1.54. The summed E-state index contributed by atoms with van der Waals surface area (Å²) in [6.07, 6.45) is 6.25. The maximum absolute atomic E-state index is 3.92. The van der Waals surface area contributed by atoms with Crippen molar-refractivity contribution in [3.05, 3.63) is 30.9 Å². The lowest BCUT2D eigenvalue weighted by Crippen LogP contribution is -1.88. The molecule has 0 N–H and O–H groups in total. The summed E-state index contributed by atoms with van der Waals surface area (Å²) in [5.41, 5.74) is 0. The molecule has 0 aliphatic carbocycles. The maximum Gasteiger partial charge on any atom is 0.139 e. The van der Waals surface area contributed by atoms with Gasteiger partial charge in [-0.2, -0.15) is 0 Å². The smallest absolute Gasteiger partial charge is 0.139 e. The van der Waals surface area contributed by atoms with Crippen LogP contribution in [0.3, 0.4) is 0 Å². The Morgan fingerprint density at radius 1 is 1.88 bits per heavy atom. The molecule has 1 aromatic rings. The fourth-order valence-electron chi connectivity index (χ4n) is 0.536. The van der Waals surface area contributed by atoms with Gasteiger partial charge in [0.25, 0.3) is 0 Å². The van der Waals surface area contributed by atoms with Gasteiger partial charge in [0.1, 0.15) is 5.82 Å². The Kier molecular flexibility index (Phi) is 1.16. The van der Waals surface area contributed by atoms with E-state index in [0.717, 1.165) is 5.82 Å². The highest BCUT2D eigenvalue weighted by atomic mass is 15.0. The van der Waals surface area contributed by atoms with Crippen LogP contribution in [-0.4, -0.2) is 9.55 Å². The van der Waals surface area contributed by atoms with E-state index in [9.17, 15) is 0 Å². The first kappa shape index (κ1) is 5.09. The lowest BCUT2D eigenvalue weighted by molar-refractivity contribution is 0.880. The molecule has 41 valence electrons. The molecule has 0 atom stereocenters. The average molecular weight is 107 g/mol. The predicted octanol–water partition coefficient (Wildman–Crippen LogP) is 0.757. The minimum atomic E-state index is 0.782. The number of hydrogen-bond donors (Lipinski definition) is 0. The third-order valence-corrected chi connectivity index (χ3v) is 0.979. The number of imidazole rings is 1. The van der Waals surface area contributed by atoms with Gasteiger partial charge in [-0.05, 0) is 0 Å². The van der Waals surface area contributed by atoms with E-state index in [2.05, 4.69) is 17.6 Å². The molecule has 1 radical (unpaired) electrons. The van der Waals surface area contributed by atoms with Crippen molar-refractivity contribution in [3.8, 4) is 0 Å². The second-order valence-electron chi connectivity index (χ2n) is 1.54. The standard InChI is InChI=1S/C6H7N2/c1-3-6-7-4-5-8(6)2/h4-5H,1H2,2H3. The van der Waals surface area contributed by atoms with Gasteiger partial charge in [0.15, 0.2) is 0 Å². The SMILES string of the molecule is C=[C]c1nccn1C. The molecule has 8 heavy (non-hydrogen) atoms. The van der Waals surface area contributed by atoms with Crippen molar-refractivity contribution in [2.24, 2.45) is 7.05 Å². The van der Waals surface area contributed by atoms with E-state index >= 15 is 0 Å². The molecule has 0 saturated heterocycles. The van der Waals surface area contributed by atoms with Gasteiger partial charge in [0.05, 0.1) is 0 Å². The Bertz CT molecular complexity index is 188. The third kappa shape index (κ3) is 0.644. The number of nitrogens with zero attached hydrogens (tertiary/aromatic N) is 2. The summed E-state index contributed by atoms with van der Waals surface area (Å²) in [6, 6.07) is 0. The molecule has 0 aliphatic rings. The molecule has 0 aliphatic heterocycles. The number of aryl methyl sites for hydroxylation is 1. The molecule has 0 unspecified atom stereocenters. The first-order valence-corrected chi connectivity index (χ1v) is 2.35. The van der Waals surface area contributed by atoms with E-state index in [0.29, 0.717) is 0 Å². The first-order chi connectivity index (χ1) is 3.84. The van der Waals surface area contributed by atoms with Gasteiger partial charge in [0.2, 0.25) is 0 Å². The van der Waals surface area contributed by atoms with Crippen LogP contribution >= 0.6 is 0 Å². The molecule has 1 heterocycles. The van der Waals surface area contributed by atoms with Gasteiger partial charge in [-0.25, -0.2) is 4.98 Å². The summed E-state index contributed by atoms with van der Waals surface area (Å²) in [7, 11) is 1.90. The molecule has 2 heteroatoms. The highest BCUT2D eigenvalue weighted by molar-refractivity contribution is 4.99. The number of rotatable bonds is 1. The Labute approximate surface area is 48.5 Å². The molecule has 1 rings (SSSR count). The van der Waals surface area contributed by atoms with Crippen LogP contribution in [0.5, 0.6) is 0 Å². The third-order valence-electron chi connectivity index (χ3n) is 0.979. The molecule has 2 nitrogen and oxygen atoms in total. The zero-order chi connectivity index (χ0) is 5.98. The Morgan fingerprint density at radius 2 is 2.62 bits per heavy atom. The van der Waals surface area contributed by atoms with E-state index in [1.165, 1.54) is 0 Å². The Balaban J connectivity index is 3.09. The second kappa shape index (κ2) is 1.82. The van der Waals surface area contributed by atoms with E-state index in [1.54, 1.807) is 6.20 Å². The normalized spacial score (nSPS) is 9.12. The van der Waals surface area contributed by atoms with Crippen molar-refractivity contribution < 1.29 is 0 Å². The fraction of sp³-hybridized carbons (Fsp3) is 0.167. The van der Waals surface area contributed by atoms with Crippen LogP contribution in [0.1, 0.15) is 5.82 Å². The topological polar surface area (TPSA) is 17.8 Å². The monoisotopic (exact) mass is 107 g/mol. The predicted molar refractivity (Wildman–Crippen MR) is 31.2 cm³/mol. The van der Waals surface area contributed by atoms with Crippen molar-refractivity contribution in [3.63, 3.8) is 0 Å². The first-order valence-electron chi connectivity index (χ1n) is 2.35. The lowest BCUT2D eigenvalue weighted by Gasteiger charge is -1.88. The van der Waals surface area contributed by atoms with E-state index in [4.69, 9.17) is 0 Å². The molecular weight excluding hydrogens is 100 g/mol. The van der Waals surface area contributed by atoms with Crippen LogP contribution < -0.4 is 0 Å². The molecule has 0 saturated carbocycles. The van der Waals surface area contributed by atoms with Gasteiger partial charge in [-0.1, -0.05) is 6.58 Å². The van der Waals surface area contributed by atoms with Crippen LogP contribution in [0, 0.1) is 6.08 Å². The highest BCUT2D eigenvalue weighted by Crippen LogP contribution is 1.90. The van der Waals surface area contributed by atoms with Crippen LogP contribution in [0.25, 0.3) is 0 Å². The van der Waals surface area contributed by atoms with Gasteiger partial charge in [-0.3, -0.25) is 0 Å². The van der Waals surface area contributed by atoms with Crippen molar-refractivity contribution >= 4 is 0 Å². The van der Waals surface area contributed by atoms with Gasteiger partial charge < -0.3 is 4.57 Å². The van der Waals surface area contributed by atoms with Crippen molar-refractivity contribution in [2.75, 3.05) is 0 Å². The van der Waals surface area contributed by atoms with Crippen molar-refractivity contribution in [1.29, 1.82) is 0 Å². The highest BCUT2D eigenvalue weighted by Gasteiger charge is 1.88.